The number of carbonyl (C=O) groups excluding carboxylic acids is 1. The third kappa shape index (κ3) is 4.55. The molecule has 3 aromatic rings. The van der Waals surface area contributed by atoms with Gasteiger partial charge in [0.1, 0.15) is 4.21 Å². The number of sulfonamides is 1. The molecule has 13 heteroatoms. The summed E-state index contributed by atoms with van der Waals surface area (Å²) in [5, 5.41) is 7.93. The zero-order chi connectivity index (χ0) is 20.1. The molecule has 0 aliphatic heterocycles. The fourth-order valence-corrected chi connectivity index (χ4v) is 4.51. The molecule has 0 bridgehead atoms. The predicted molar refractivity (Wildman–Crippen MR) is 100 cm³/mol. The predicted octanol–water partition coefficient (Wildman–Crippen LogP) is 1.31. The van der Waals surface area contributed by atoms with Gasteiger partial charge < -0.3 is 9.47 Å². The number of urea groups is 1. The number of rotatable bonds is 7. The molecule has 2 amide bonds. The molecule has 3 heterocycles. The summed E-state index contributed by atoms with van der Waals surface area (Å²) in [6.07, 6.45) is 3.30. The van der Waals surface area contributed by atoms with Crippen LogP contribution in [0.25, 0.3) is 0 Å². The number of ether oxygens (including phenoxy) is 2. The number of hydrogen-bond acceptors (Lipinski definition) is 9. The molecule has 0 unspecified atom stereocenters. The summed E-state index contributed by atoms with van der Waals surface area (Å²) in [5.74, 6) is 0.112. The first-order chi connectivity index (χ1) is 13.4. The molecule has 0 fully saturated rings. The molecule has 0 spiro atoms. The van der Waals surface area contributed by atoms with Crippen LogP contribution in [0.15, 0.2) is 40.2 Å². The number of carbonyl (C=O) groups is 1. The monoisotopic (exact) mass is 424 g/mol. The Bertz CT molecular complexity index is 1040. The first-order valence-electron chi connectivity index (χ1n) is 7.76. The molecular weight excluding hydrogens is 408 g/mol. The molecule has 0 atom stereocenters. The number of aromatic nitrogens is 4. The Kier molecular flexibility index (Phi) is 5.75. The van der Waals surface area contributed by atoms with Gasteiger partial charge in [0.05, 0.1) is 26.8 Å². The largest absolute Gasteiger partial charge is 0.481 e. The van der Waals surface area contributed by atoms with Gasteiger partial charge in [0.2, 0.25) is 17.7 Å². The van der Waals surface area contributed by atoms with Crippen molar-refractivity contribution in [3.63, 3.8) is 0 Å². The summed E-state index contributed by atoms with van der Waals surface area (Å²) in [5.41, 5.74) is 0.508. The van der Waals surface area contributed by atoms with E-state index in [0.29, 0.717) is 5.56 Å². The van der Waals surface area contributed by atoms with Gasteiger partial charge in [0, 0.05) is 18.0 Å². The van der Waals surface area contributed by atoms with E-state index in [1.807, 2.05) is 4.72 Å². The first kappa shape index (κ1) is 19.6. The van der Waals surface area contributed by atoms with Crippen molar-refractivity contribution < 1.29 is 22.7 Å². The van der Waals surface area contributed by atoms with Crippen LogP contribution in [0.2, 0.25) is 0 Å². The second kappa shape index (κ2) is 8.22. The molecule has 3 rings (SSSR count). The van der Waals surface area contributed by atoms with E-state index < -0.39 is 16.1 Å². The second-order valence-electron chi connectivity index (χ2n) is 5.27. The Morgan fingerprint density at radius 2 is 1.96 bits per heavy atom. The van der Waals surface area contributed by atoms with E-state index in [1.54, 1.807) is 34.6 Å². The Morgan fingerprint density at radius 3 is 2.57 bits per heavy atom. The van der Waals surface area contributed by atoms with Gasteiger partial charge in [0.25, 0.3) is 10.0 Å². The van der Waals surface area contributed by atoms with Crippen LogP contribution in [0.5, 0.6) is 11.8 Å². The van der Waals surface area contributed by atoms with Crippen LogP contribution >= 0.6 is 11.3 Å². The molecular formula is C15H16N6O5S2. The van der Waals surface area contributed by atoms with Gasteiger partial charge in [-0.1, -0.05) is 0 Å². The molecule has 0 aliphatic carbocycles. The summed E-state index contributed by atoms with van der Waals surface area (Å²) >= 11 is 0.996. The molecule has 0 radical (unpaired) electrons. The highest BCUT2D eigenvalue weighted by atomic mass is 32.2. The smallest absolute Gasteiger partial charge is 0.335 e. The number of amides is 2. The number of nitrogens with zero attached hydrogens (tertiary/aromatic N) is 4. The lowest BCUT2D eigenvalue weighted by Crippen LogP contribution is -2.35. The molecule has 3 aromatic heterocycles. The number of nitrogens with one attached hydrogen (secondary N) is 2. The van der Waals surface area contributed by atoms with Crippen molar-refractivity contribution in [2.45, 2.75) is 10.8 Å². The van der Waals surface area contributed by atoms with E-state index in [0.717, 1.165) is 11.3 Å². The third-order valence-corrected chi connectivity index (χ3v) is 6.29. The Labute approximate surface area is 164 Å². The minimum atomic E-state index is -4.10. The molecule has 0 saturated heterocycles. The lowest BCUT2D eigenvalue weighted by molar-refractivity contribution is 0.256. The topological polar surface area (TPSA) is 137 Å². The van der Waals surface area contributed by atoms with Crippen molar-refractivity contribution in [1.82, 2.24) is 24.5 Å². The quantitative estimate of drug-likeness (QED) is 0.579. The number of hydrogen-bond donors (Lipinski definition) is 2. The normalized spacial score (nSPS) is 11.1. The molecule has 148 valence electrons. The fraction of sp³-hybridized carbons (Fsp3) is 0.200. The van der Waals surface area contributed by atoms with Crippen LogP contribution in [0.1, 0.15) is 5.56 Å². The number of thiophene rings is 1. The van der Waals surface area contributed by atoms with Gasteiger partial charge in [-0.3, -0.25) is 10.00 Å². The van der Waals surface area contributed by atoms with E-state index >= 15 is 0 Å². The second-order valence-corrected chi connectivity index (χ2v) is 8.07. The maximum atomic E-state index is 12.6. The van der Waals surface area contributed by atoms with Crippen LogP contribution in [0, 0.1) is 0 Å². The maximum absolute atomic E-state index is 12.6. The Morgan fingerprint density at radius 1 is 1.25 bits per heavy atom. The van der Waals surface area contributed by atoms with Gasteiger partial charge >= 0.3 is 6.03 Å². The summed E-state index contributed by atoms with van der Waals surface area (Å²) in [6.45, 7) is 0.255. The zero-order valence-corrected chi connectivity index (χ0v) is 16.5. The standard InChI is InChI=1S/C15H16N6O5S2/c1-25-11-8-12(26-2)18-14(17-11)19-15(22)20-28(23,24)13-10(4-7-27-13)9-21-6-3-5-16-21/h3-8H,9H2,1-2H3,(H2,17,18,19,20,22). The lowest BCUT2D eigenvalue weighted by atomic mass is 10.3. The van der Waals surface area contributed by atoms with Gasteiger partial charge in [0.15, 0.2) is 0 Å². The summed E-state index contributed by atoms with van der Waals surface area (Å²) in [7, 11) is -1.34. The molecule has 0 saturated carbocycles. The van der Waals surface area contributed by atoms with Gasteiger partial charge in [-0.25, -0.2) is 17.9 Å². The van der Waals surface area contributed by atoms with Crippen LogP contribution in [-0.4, -0.2) is 48.4 Å². The van der Waals surface area contributed by atoms with E-state index in [1.165, 1.54) is 20.3 Å². The van der Waals surface area contributed by atoms with Crippen LogP contribution < -0.4 is 19.5 Å². The SMILES string of the molecule is COc1cc(OC)nc(NC(=O)NS(=O)(=O)c2sccc2Cn2cccn2)n1. The lowest BCUT2D eigenvalue weighted by Gasteiger charge is -2.10. The molecule has 2 N–H and O–H groups in total. The van der Waals surface area contributed by atoms with Crippen molar-refractivity contribution in [2.75, 3.05) is 19.5 Å². The molecule has 0 aliphatic rings. The van der Waals surface area contributed by atoms with E-state index in [4.69, 9.17) is 9.47 Å². The fourth-order valence-electron chi connectivity index (χ4n) is 2.21. The van der Waals surface area contributed by atoms with Crippen LogP contribution in [0.3, 0.4) is 0 Å². The van der Waals surface area contributed by atoms with E-state index in [2.05, 4.69) is 20.4 Å². The van der Waals surface area contributed by atoms with Crippen LogP contribution in [-0.2, 0) is 16.6 Å². The van der Waals surface area contributed by atoms with Crippen LogP contribution in [0.4, 0.5) is 10.7 Å². The highest BCUT2D eigenvalue weighted by Gasteiger charge is 2.23. The zero-order valence-electron chi connectivity index (χ0n) is 14.8. The molecule has 0 aromatic carbocycles. The minimum Gasteiger partial charge on any atom is -0.481 e. The maximum Gasteiger partial charge on any atom is 0.335 e. The van der Waals surface area contributed by atoms with Gasteiger partial charge in [-0.2, -0.15) is 15.1 Å². The molecule has 28 heavy (non-hydrogen) atoms. The summed E-state index contributed by atoms with van der Waals surface area (Å²) < 4.78 is 38.7. The number of anilines is 1. The van der Waals surface area contributed by atoms with E-state index in [9.17, 15) is 13.2 Å². The Balaban J connectivity index is 1.74. The van der Waals surface area contributed by atoms with Gasteiger partial charge in [-0.15, -0.1) is 11.3 Å². The van der Waals surface area contributed by atoms with Crippen molar-refractivity contribution in [3.05, 3.63) is 41.5 Å². The highest BCUT2D eigenvalue weighted by Crippen LogP contribution is 2.23. The van der Waals surface area contributed by atoms with Crippen molar-refractivity contribution in [3.8, 4) is 11.8 Å². The third-order valence-electron chi connectivity index (χ3n) is 3.39. The first-order valence-corrected chi connectivity index (χ1v) is 10.1. The Hall–Kier alpha value is -3.19. The summed E-state index contributed by atoms with van der Waals surface area (Å²) in [6, 6.07) is 3.78. The van der Waals surface area contributed by atoms with E-state index in [-0.39, 0.29) is 28.5 Å². The van der Waals surface area contributed by atoms with Crippen molar-refractivity contribution >= 4 is 33.3 Å². The average molecular weight is 424 g/mol. The number of methoxy groups -OCH3 is 2. The minimum absolute atomic E-state index is 0.0160. The highest BCUT2D eigenvalue weighted by molar-refractivity contribution is 7.92. The van der Waals surface area contributed by atoms with Crippen molar-refractivity contribution in [2.24, 2.45) is 0 Å². The average Bonchev–Trinajstić information content (AvgIpc) is 3.33. The van der Waals surface area contributed by atoms with Crippen molar-refractivity contribution in [1.29, 1.82) is 0 Å². The molecule has 11 nitrogen and oxygen atoms in total. The van der Waals surface area contributed by atoms with Gasteiger partial charge in [-0.05, 0) is 17.5 Å². The summed E-state index contributed by atoms with van der Waals surface area (Å²) in [4.78, 5) is 20.0.